The van der Waals surface area contributed by atoms with E-state index in [9.17, 15) is 4.79 Å². The zero-order valence-corrected chi connectivity index (χ0v) is 16.6. The summed E-state index contributed by atoms with van der Waals surface area (Å²) in [5, 5.41) is 10.2. The number of furan rings is 1. The first kappa shape index (κ1) is 18.5. The van der Waals surface area contributed by atoms with Crippen molar-refractivity contribution in [2.24, 2.45) is 0 Å². The largest absolute Gasteiger partial charge is 0.489 e. The molecule has 1 heterocycles. The molecule has 0 fully saturated rings. The number of fused-ring (bicyclic) bond motifs is 1. The number of carbonyl (C=O) groups is 1. The predicted molar refractivity (Wildman–Crippen MR) is 105 cm³/mol. The van der Waals surface area contributed by atoms with E-state index in [0.717, 1.165) is 26.6 Å². The van der Waals surface area contributed by atoms with Gasteiger partial charge in [-0.05, 0) is 56.7 Å². The molecule has 0 aliphatic heterocycles. The molecule has 0 aliphatic carbocycles. The van der Waals surface area contributed by atoms with Crippen LogP contribution in [0.4, 0.5) is 0 Å². The Morgan fingerprint density at radius 2 is 1.96 bits per heavy atom. The highest BCUT2D eigenvalue weighted by Crippen LogP contribution is 2.31. The summed E-state index contributed by atoms with van der Waals surface area (Å²) in [6.45, 7) is 6.70. The standard InChI is InChI=1S/C21H21BrO4/c1-21(2,3)16-5-4-14(10-19(23)24)18(11-16)26-12-13-8-15-6-7-25-20(15)17(22)9-13/h4-9,11H,10,12H2,1-3H3,(H,23,24). The number of hydrogen-bond acceptors (Lipinski definition) is 3. The Bertz CT molecular complexity index is 950. The summed E-state index contributed by atoms with van der Waals surface area (Å²) in [5.74, 6) is -0.260. The number of aliphatic carboxylic acids is 1. The number of halogens is 1. The molecule has 2 aromatic carbocycles. The highest BCUT2D eigenvalue weighted by atomic mass is 79.9. The van der Waals surface area contributed by atoms with Gasteiger partial charge < -0.3 is 14.3 Å². The molecular weight excluding hydrogens is 396 g/mol. The molecule has 0 saturated carbocycles. The lowest BCUT2D eigenvalue weighted by Gasteiger charge is -2.21. The van der Waals surface area contributed by atoms with Crippen LogP contribution in [0.2, 0.25) is 0 Å². The summed E-state index contributed by atoms with van der Waals surface area (Å²) in [7, 11) is 0. The van der Waals surface area contributed by atoms with E-state index >= 15 is 0 Å². The summed E-state index contributed by atoms with van der Waals surface area (Å²) in [4.78, 5) is 11.2. The van der Waals surface area contributed by atoms with Crippen molar-refractivity contribution < 1.29 is 19.1 Å². The van der Waals surface area contributed by atoms with Crippen LogP contribution in [0.5, 0.6) is 5.75 Å². The van der Waals surface area contributed by atoms with Crippen molar-refractivity contribution in [3.05, 3.63) is 63.8 Å². The van der Waals surface area contributed by atoms with Gasteiger partial charge >= 0.3 is 5.97 Å². The molecule has 26 heavy (non-hydrogen) atoms. The van der Waals surface area contributed by atoms with Crippen LogP contribution in [0.25, 0.3) is 11.0 Å². The van der Waals surface area contributed by atoms with Crippen LogP contribution in [-0.4, -0.2) is 11.1 Å². The first-order chi connectivity index (χ1) is 12.2. The highest BCUT2D eigenvalue weighted by molar-refractivity contribution is 9.10. The number of ether oxygens (including phenoxy) is 1. The van der Waals surface area contributed by atoms with Gasteiger partial charge in [0.1, 0.15) is 17.9 Å². The fraction of sp³-hybridized carbons (Fsp3) is 0.286. The molecule has 0 atom stereocenters. The van der Waals surface area contributed by atoms with Gasteiger partial charge in [0.15, 0.2) is 0 Å². The summed E-state index contributed by atoms with van der Waals surface area (Å²) in [6.07, 6.45) is 1.59. The molecule has 3 aromatic rings. The zero-order chi connectivity index (χ0) is 18.9. The van der Waals surface area contributed by atoms with E-state index in [4.69, 9.17) is 14.3 Å². The first-order valence-corrected chi connectivity index (χ1v) is 9.17. The van der Waals surface area contributed by atoms with Gasteiger partial charge in [-0.3, -0.25) is 4.79 Å². The van der Waals surface area contributed by atoms with E-state index in [0.29, 0.717) is 17.9 Å². The van der Waals surface area contributed by atoms with Crippen LogP contribution in [-0.2, 0) is 23.2 Å². The lowest BCUT2D eigenvalue weighted by Crippen LogP contribution is -2.12. The SMILES string of the molecule is CC(C)(C)c1ccc(CC(=O)O)c(OCc2cc(Br)c3occc3c2)c1. The van der Waals surface area contributed by atoms with Crippen molar-refractivity contribution in [1.29, 1.82) is 0 Å². The smallest absolute Gasteiger partial charge is 0.307 e. The van der Waals surface area contributed by atoms with Crippen molar-refractivity contribution in [1.82, 2.24) is 0 Å². The normalized spacial score (nSPS) is 11.7. The Hall–Kier alpha value is -2.27. The van der Waals surface area contributed by atoms with Crippen LogP contribution >= 0.6 is 15.9 Å². The minimum atomic E-state index is -0.874. The van der Waals surface area contributed by atoms with Gasteiger partial charge in [-0.25, -0.2) is 0 Å². The van der Waals surface area contributed by atoms with E-state index in [1.165, 1.54) is 0 Å². The van der Waals surface area contributed by atoms with Gasteiger partial charge in [0.25, 0.3) is 0 Å². The molecular formula is C21H21BrO4. The average Bonchev–Trinajstić information content (AvgIpc) is 3.01. The average molecular weight is 417 g/mol. The summed E-state index contributed by atoms with van der Waals surface area (Å²) in [6, 6.07) is 11.6. The monoisotopic (exact) mass is 416 g/mol. The molecule has 0 amide bonds. The van der Waals surface area contributed by atoms with E-state index < -0.39 is 5.97 Å². The number of carboxylic acid groups (broad SMARTS) is 1. The molecule has 0 spiro atoms. The zero-order valence-electron chi connectivity index (χ0n) is 15.0. The molecule has 0 bridgehead atoms. The van der Waals surface area contributed by atoms with Crippen molar-refractivity contribution in [2.75, 3.05) is 0 Å². The second kappa shape index (κ2) is 7.16. The van der Waals surface area contributed by atoms with Gasteiger partial charge in [-0.2, -0.15) is 0 Å². The minimum absolute atomic E-state index is 0.0431. The fourth-order valence-corrected chi connectivity index (χ4v) is 3.42. The van der Waals surface area contributed by atoms with Gasteiger partial charge in [-0.15, -0.1) is 0 Å². The second-order valence-corrected chi connectivity index (χ2v) is 8.20. The Kier molecular flexibility index (Phi) is 5.10. The second-order valence-electron chi connectivity index (χ2n) is 7.35. The molecule has 0 saturated heterocycles. The molecule has 0 radical (unpaired) electrons. The van der Waals surface area contributed by atoms with Crippen LogP contribution in [0.3, 0.4) is 0 Å². The summed E-state index contributed by atoms with van der Waals surface area (Å²) in [5.41, 5.74) is 3.52. The highest BCUT2D eigenvalue weighted by Gasteiger charge is 2.17. The Morgan fingerprint density at radius 3 is 2.65 bits per heavy atom. The number of rotatable bonds is 5. The third-order valence-electron chi connectivity index (χ3n) is 4.23. The van der Waals surface area contributed by atoms with Gasteiger partial charge in [0.05, 0.1) is 17.2 Å². The van der Waals surface area contributed by atoms with Gasteiger partial charge in [-0.1, -0.05) is 32.9 Å². The third kappa shape index (κ3) is 4.10. The van der Waals surface area contributed by atoms with Gasteiger partial charge in [0, 0.05) is 10.9 Å². The molecule has 1 N–H and O–H groups in total. The first-order valence-electron chi connectivity index (χ1n) is 8.37. The fourth-order valence-electron chi connectivity index (χ4n) is 2.81. The molecule has 5 heteroatoms. The number of carboxylic acids is 1. The third-order valence-corrected chi connectivity index (χ3v) is 4.82. The molecule has 3 rings (SSSR count). The number of hydrogen-bond donors (Lipinski definition) is 1. The van der Waals surface area contributed by atoms with Crippen LogP contribution in [0.15, 0.2) is 51.6 Å². The van der Waals surface area contributed by atoms with E-state index in [1.54, 1.807) is 6.26 Å². The van der Waals surface area contributed by atoms with Crippen LogP contribution in [0.1, 0.15) is 37.5 Å². The van der Waals surface area contributed by atoms with Crippen molar-refractivity contribution in [3.8, 4) is 5.75 Å². The maximum atomic E-state index is 11.2. The molecule has 0 aliphatic rings. The molecule has 136 valence electrons. The Balaban J connectivity index is 1.89. The topological polar surface area (TPSA) is 59.7 Å². The Labute approximate surface area is 160 Å². The molecule has 0 unspecified atom stereocenters. The minimum Gasteiger partial charge on any atom is -0.489 e. The quantitative estimate of drug-likeness (QED) is 0.579. The summed E-state index contributed by atoms with van der Waals surface area (Å²) >= 11 is 3.51. The summed E-state index contributed by atoms with van der Waals surface area (Å²) < 4.78 is 12.3. The van der Waals surface area contributed by atoms with Crippen molar-refractivity contribution in [3.63, 3.8) is 0 Å². The van der Waals surface area contributed by atoms with E-state index in [2.05, 4.69) is 36.7 Å². The van der Waals surface area contributed by atoms with Gasteiger partial charge in [0.2, 0.25) is 0 Å². The lowest BCUT2D eigenvalue weighted by molar-refractivity contribution is -0.136. The predicted octanol–water partition coefficient (Wildman–Crippen LogP) is 5.70. The van der Waals surface area contributed by atoms with Crippen LogP contribution in [0, 0.1) is 0 Å². The van der Waals surface area contributed by atoms with Crippen molar-refractivity contribution >= 4 is 32.9 Å². The Morgan fingerprint density at radius 1 is 1.19 bits per heavy atom. The molecule has 4 nitrogen and oxygen atoms in total. The lowest BCUT2D eigenvalue weighted by atomic mass is 9.86. The molecule has 1 aromatic heterocycles. The van der Waals surface area contributed by atoms with Crippen LogP contribution < -0.4 is 4.74 Å². The maximum absolute atomic E-state index is 11.2. The maximum Gasteiger partial charge on any atom is 0.307 e. The number of benzene rings is 2. The van der Waals surface area contributed by atoms with E-state index in [1.807, 2.05) is 36.4 Å². The van der Waals surface area contributed by atoms with Crippen molar-refractivity contribution in [2.45, 2.75) is 39.2 Å². The van der Waals surface area contributed by atoms with E-state index in [-0.39, 0.29) is 11.8 Å².